The van der Waals surface area contributed by atoms with Crippen molar-refractivity contribution in [3.05, 3.63) is 65.3 Å². The van der Waals surface area contributed by atoms with E-state index in [0.717, 1.165) is 10.9 Å². The van der Waals surface area contributed by atoms with Gasteiger partial charge in [-0.1, -0.05) is 35.9 Å². The van der Waals surface area contributed by atoms with Gasteiger partial charge in [-0.3, -0.25) is 9.59 Å². The Bertz CT molecular complexity index is 1040. The van der Waals surface area contributed by atoms with Crippen molar-refractivity contribution in [3.63, 3.8) is 0 Å². The topological polar surface area (TPSA) is 54.3 Å². The van der Waals surface area contributed by atoms with Gasteiger partial charge >= 0.3 is 0 Å². The maximum Gasteiger partial charge on any atom is 0.270 e. The molecular formula is C22H22ClN3O2. The molecule has 0 atom stereocenters. The van der Waals surface area contributed by atoms with Crippen LogP contribution < -0.4 is 5.32 Å². The summed E-state index contributed by atoms with van der Waals surface area (Å²) in [5.41, 5.74) is 2.43. The van der Waals surface area contributed by atoms with Crippen molar-refractivity contribution in [3.8, 4) is 0 Å². The van der Waals surface area contributed by atoms with Gasteiger partial charge in [-0.25, -0.2) is 0 Å². The molecule has 1 aliphatic rings. The fraction of sp³-hybridized carbons (Fsp3) is 0.273. The quantitative estimate of drug-likeness (QED) is 0.717. The molecule has 2 amide bonds. The highest BCUT2D eigenvalue weighted by atomic mass is 35.5. The first-order valence-electron chi connectivity index (χ1n) is 9.43. The SMILES string of the molecule is Cn1c(C(=O)N2CCC(C(=O)Nc3cccc(Cl)c3)CC2)cc2ccccc21. The van der Waals surface area contributed by atoms with Gasteiger partial charge in [0, 0.05) is 47.7 Å². The van der Waals surface area contributed by atoms with Gasteiger partial charge in [0.1, 0.15) is 5.69 Å². The highest BCUT2D eigenvalue weighted by Gasteiger charge is 2.29. The Kier molecular flexibility index (Phi) is 5.09. The van der Waals surface area contributed by atoms with E-state index in [4.69, 9.17) is 11.6 Å². The Labute approximate surface area is 168 Å². The second-order valence-electron chi connectivity index (χ2n) is 7.21. The maximum absolute atomic E-state index is 13.0. The lowest BCUT2D eigenvalue weighted by Crippen LogP contribution is -2.42. The largest absolute Gasteiger partial charge is 0.340 e. The monoisotopic (exact) mass is 395 g/mol. The zero-order valence-electron chi connectivity index (χ0n) is 15.7. The maximum atomic E-state index is 13.0. The lowest BCUT2D eigenvalue weighted by atomic mass is 9.95. The minimum Gasteiger partial charge on any atom is -0.340 e. The number of halogens is 1. The summed E-state index contributed by atoms with van der Waals surface area (Å²) < 4.78 is 1.94. The second kappa shape index (κ2) is 7.68. The zero-order valence-corrected chi connectivity index (χ0v) is 16.4. The molecule has 0 aliphatic carbocycles. The molecule has 2 aromatic carbocycles. The Morgan fingerprint density at radius 3 is 2.50 bits per heavy atom. The van der Waals surface area contributed by atoms with Crippen LogP contribution in [0.2, 0.25) is 5.02 Å². The van der Waals surface area contributed by atoms with Gasteiger partial charge in [-0.05, 0) is 43.2 Å². The van der Waals surface area contributed by atoms with Crippen molar-refractivity contribution in [1.29, 1.82) is 0 Å². The number of carbonyl (C=O) groups is 2. The Morgan fingerprint density at radius 1 is 1.04 bits per heavy atom. The van der Waals surface area contributed by atoms with Gasteiger partial charge in [0.05, 0.1) is 0 Å². The van der Waals surface area contributed by atoms with E-state index in [-0.39, 0.29) is 17.7 Å². The molecule has 0 bridgehead atoms. The molecule has 1 N–H and O–H groups in total. The van der Waals surface area contributed by atoms with E-state index in [9.17, 15) is 9.59 Å². The van der Waals surface area contributed by atoms with Crippen molar-refractivity contribution in [1.82, 2.24) is 9.47 Å². The molecule has 6 heteroatoms. The van der Waals surface area contributed by atoms with Gasteiger partial charge in [-0.15, -0.1) is 0 Å². The summed E-state index contributed by atoms with van der Waals surface area (Å²) in [5, 5.41) is 4.57. The lowest BCUT2D eigenvalue weighted by Gasteiger charge is -2.31. The van der Waals surface area contributed by atoms with Crippen LogP contribution in [0.5, 0.6) is 0 Å². The summed E-state index contributed by atoms with van der Waals surface area (Å²) in [5.74, 6) is -0.0955. The minimum absolute atomic E-state index is 0.0148. The number of benzene rings is 2. The fourth-order valence-electron chi connectivity index (χ4n) is 3.81. The first-order chi connectivity index (χ1) is 13.5. The number of para-hydroxylation sites is 1. The smallest absolute Gasteiger partial charge is 0.270 e. The standard InChI is InChI=1S/C22H22ClN3O2/c1-25-19-8-3-2-5-16(19)13-20(25)22(28)26-11-9-15(10-12-26)21(27)24-18-7-4-6-17(23)14-18/h2-8,13-15H,9-12H2,1H3,(H,24,27). The minimum atomic E-state index is -0.101. The molecule has 2 heterocycles. The lowest BCUT2D eigenvalue weighted by molar-refractivity contribution is -0.121. The summed E-state index contributed by atoms with van der Waals surface area (Å²) in [6, 6.07) is 17.0. The number of likely N-dealkylation sites (tertiary alicyclic amines) is 1. The van der Waals surface area contributed by atoms with Crippen LogP contribution in [-0.2, 0) is 11.8 Å². The number of aryl methyl sites for hydroxylation is 1. The van der Waals surface area contributed by atoms with Gasteiger partial charge in [0.15, 0.2) is 0 Å². The van der Waals surface area contributed by atoms with Crippen molar-refractivity contribution in [2.75, 3.05) is 18.4 Å². The predicted octanol–water partition coefficient (Wildman–Crippen LogP) is 4.32. The van der Waals surface area contributed by atoms with E-state index < -0.39 is 0 Å². The van der Waals surface area contributed by atoms with E-state index in [2.05, 4.69) is 5.32 Å². The summed E-state index contributed by atoms with van der Waals surface area (Å²) in [6.07, 6.45) is 1.31. The first kappa shape index (κ1) is 18.6. The molecule has 5 nitrogen and oxygen atoms in total. The van der Waals surface area contributed by atoms with Gasteiger partial charge in [0.2, 0.25) is 5.91 Å². The Balaban J connectivity index is 1.40. The van der Waals surface area contributed by atoms with Crippen LogP contribution in [0.25, 0.3) is 10.9 Å². The van der Waals surface area contributed by atoms with E-state index in [1.807, 2.05) is 59.0 Å². The van der Waals surface area contributed by atoms with Crippen LogP contribution in [0.15, 0.2) is 54.6 Å². The van der Waals surface area contributed by atoms with Crippen molar-refractivity contribution < 1.29 is 9.59 Å². The van der Waals surface area contributed by atoms with E-state index in [1.165, 1.54) is 0 Å². The van der Waals surface area contributed by atoms with Gasteiger partial charge in [-0.2, -0.15) is 0 Å². The molecule has 1 aromatic heterocycles. The summed E-state index contributed by atoms with van der Waals surface area (Å²) in [6.45, 7) is 1.15. The third-order valence-electron chi connectivity index (χ3n) is 5.42. The van der Waals surface area contributed by atoms with Crippen LogP contribution in [-0.4, -0.2) is 34.4 Å². The number of nitrogens with one attached hydrogen (secondary N) is 1. The Hall–Kier alpha value is -2.79. The third kappa shape index (κ3) is 3.62. The van der Waals surface area contributed by atoms with Crippen LogP contribution in [0, 0.1) is 5.92 Å². The average molecular weight is 396 g/mol. The molecule has 0 unspecified atom stereocenters. The molecular weight excluding hydrogens is 374 g/mol. The summed E-state index contributed by atoms with van der Waals surface area (Å²) >= 11 is 5.97. The molecule has 0 spiro atoms. The van der Waals surface area contributed by atoms with Gasteiger partial charge in [0.25, 0.3) is 5.91 Å². The van der Waals surface area contributed by atoms with E-state index in [0.29, 0.717) is 42.3 Å². The molecule has 1 aliphatic heterocycles. The highest BCUT2D eigenvalue weighted by Crippen LogP contribution is 2.24. The van der Waals surface area contributed by atoms with Crippen molar-refractivity contribution >= 4 is 40.0 Å². The number of hydrogen-bond acceptors (Lipinski definition) is 2. The number of anilines is 1. The average Bonchev–Trinajstić information content (AvgIpc) is 3.04. The van der Waals surface area contributed by atoms with Gasteiger partial charge < -0.3 is 14.8 Å². The number of fused-ring (bicyclic) bond motifs is 1. The molecule has 28 heavy (non-hydrogen) atoms. The normalized spacial score (nSPS) is 15.0. The van der Waals surface area contributed by atoms with Crippen LogP contribution in [0.1, 0.15) is 23.3 Å². The molecule has 1 fully saturated rings. The predicted molar refractivity (Wildman–Crippen MR) is 112 cm³/mol. The van der Waals surface area contributed by atoms with Crippen molar-refractivity contribution in [2.24, 2.45) is 13.0 Å². The number of hydrogen-bond donors (Lipinski definition) is 1. The molecule has 0 radical (unpaired) electrons. The number of piperidine rings is 1. The molecule has 3 aromatic rings. The number of aromatic nitrogens is 1. The fourth-order valence-corrected chi connectivity index (χ4v) is 4.00. The van der Waals surface area contributed by atoms with Crippen LogP contribution >= 0.6 is 11.6 Å². The molecule has 4 rings (SSSR count). The van der Waals surface area contributed by atoms with Crippen LogP contribution in [0.4, 0.5) is 5.69 Å². The van der Waals surface area contributed by atoms with E-state index in [1.54, 1.807) is 12.1 Å². The van der Waals surface area contributed by atoms with Crippen molar-refractivity contribution in [2.45, 2.75) is 12.8 Å². The third-order valence-corrected chi connectivity index (χ3v) is 5.65. The zero-order chi connectivity index (χ0) is 19.7. The number of carbonyl (C=O) groups excluding carboxylic acids is 2. The van der Waals surface area contributed by atoms with Crippen LogP contribution in [0.3, 0.4) is 0 Å². The molecule has 0 saturated carbocycles. The number of amides is 2. The Morgan fingerprint density at radius 2 is 1.79 bits per heavy atom. The van der Waals surface area contributed by atoms with E-state index >= 15 is 0 Å². The summed E-state index contributed by atoms with van der Waals surface area (Å²) in [7, 11) is 1.92. The molecule has 1 saturated heterocycles. The number of nitrogens with zero attached hydrogens (tertiary/aromatic N) is 2. The number of rotatable bonds is 3. The molecule has 144 valence electrons. The summed E-state index contributed by atoms with van der Waals surface area (Å²) in [4.78, 5) is 27.4. The first-order valence-corrected chi connectivity index (χ1v) is 9.81. The second-order valence-corrected chi connectivity index (χ2v) is 7.65. The highest BCUT2D eigenvalue weighted by molar-refractivity contribution is 6.30.